The van der Waals surface area contributed by atoms with Crippen molar-refractivity contribution < 1.29 is 5.11 Å². The van der Waals surface area contributed by atoms with Gasteiger partial charge in [-0.1, -0.05) is 30.7 Å². The molecular formula is C15H19ClN2OS. The van der Waals surface area contributed by atoms with E-state index in [9.17, 15) is 5.11 Å². The fourth-order valence-electron chi connectivity index (χ4n) is 1.86. The molecule has 0 aliphatic rings. The van der Waals surface area contributed by atoms with Gasteiger partial charge in [0, 0.05) is 22.6 Å². The van der Waals surface area contributed by atoms with Gasteiger partial charge in [0.25, 0.3) is 0 Å². The van der Waals surface area contributed by atoms with Gasteiger partial charge in [-0.2, -0.15) is 0 Å². The van der Waals surface area contributed by atoms with Gasteiger partial charge in [0.2, 0.25) is 0 Å². The number of aromatic nitrogens is 1. The average Bonchev–Trinajstić information content (AvgIpc) is 2.94. The number of halogens is 1. The maximum atomic E-state index is 10.1. The van der Waals surface area contributed by atoms with Gasteiger partial charge in [-0.25, -0.2) is 4.98 Å². The lowest BCUT2D eigenvalue weighted by Crippen LogP contribution is -2.24. The summed E-state index contributed by atoms with van der Waals surface area (Å²) in [6, 6.07) is 7.41. The summed E-state index contributed by atoms with van der Waals surface area (Å²) in [4.78, 5) is 5.69. The van der Waals surface area contributed by atoms with E-state index < -0.39 is 6.10 Å². The van der Waals surface area contributed by atoms with Crippen LogP contribution in [-0.4, -0.2) is 16.6 Å². The van der Waals surface area contributed by atoms with Gasteiger partial charge < -0.3 is 10.4 Å². The Morgan fingerprint density at radius 1 is 1.35 bits per heavy atom. The SMILES string of the molecule is CCc1cnc(C(C)NCC(O)c2ccc(Cl)cc2)s1. The third kappa shape index (κ3) is 4.03. The second-order valence-electron chi connectivity index (χ2n) is 4.72. The van der Waals surface area contributed by atoms with E-state index in [-0.39, 0.29) is 6.04 Å². The number of aryl methyl sites for hydroxylation is 1. The second kappa shape index (κ2) is 7.18. The predicted molar refractivity (Wildman–Crippen MR) is 84.3 cm³/mol. The molecule has 0 saturated heterocycles. The normalized spacial score (nSPS) is 14.2. The van der Waals surface area contributed by atoms with Crippen LogP contribution in [0.15, 0.2) is 30.5 Å². The van der Waals surface area contributed by atoms with Crippen LogP contribution in [0.3, 0.4) is 0 Å². The molecule has 1 heterocycles. The van der Waals surface area contributed by atoms with Gasteiger partial charge in [0.05, 0.1) is 12.1 Å². The van der Waals surface area contributed by atoms with Crippen molar-refractivity contribution in [3.05, 3.63) is 50.9 Å². The molecule has 2 rings (SSSR count). The van der Waals surface area contributed by atoms with Crippen LogP contribution in [0.5, 0.6) is 0 Å². The summed E-state index contributed by atoms with van der Waals surface area (Å²) < 4.78 is 0. The van der Waals surface area contributed by atoms with E-state index in [0.717, 1.165) is 17.0 Å². The molecule has 20 heavy (non-hydrogen) atoms. The quantitative estimate of drug-likeness (QED) is 0.854. The predicted octanol–water partition coefficient (Wildman–Crippen LogP) is 3.74. The first kappa shape index (κ1) is 15.4. The van der Waals surface area contributed by atoms with Crippen molar-refractivity contribution in [3.63, 3.8) is 0 Å². The molecule has 0 spiro atoms. The van der Waals surface area contributed by atoms with Crippen LogP contribution in [0, 0.1) is 0 Å². The summed E-state index contributed by atoms with van der Waals surface area (Å²) in [5, 5.41) is 15.2. The lowest BCUT2D eigenvalue weighted by molar-refractivity contribution is 0.171. The molecule has 0 bridgehead atoms. The molecule has 1 aromatic heterocycles. The number of hydrogen-bond donors (Lipinski definition) is 2. The van der Waals surface area contributed by atoms with Crippen LogP contribution in [0.4, 0.5) is 0 Å². The summed E-state index contributed by atoms with van der Waals surface area (Å²) in [5.41, 5.74) is 0.863. The maximum Gasteiger partial charge on any atom is 0.109 e. The minimum atomic E-state index is -0.541. The molecule has 3 nitrogen and oxygen atoms in total. The molecule has 0 saturated carbocycles. The van der Waals surface area contributed by atoms with Crippen molar-refractivity contribution in [2.45, 2.75) is 32.4 Å². The first-order valence-corrected chi connectivity index (χ1v) is 7.91. The number of benzene rings is 1. The first-order valence-electron chi connectivity index (χ1n) is 6.71. The molecule has 1 aromatic carbocycles. The molecule has 2 atom stereocenters. The van der Waals surface area contributed by atoms with Crippen molar-refractivity contribution in [1.82, 2.24) is 10.3 Å². The number of nitrogens with zero attached hydrogens (tertiary/aromatic N) is 1. The highest BCUT2D eigenvalue weighted by atomic mass is 35.5. The summed E-state index contributed by atoms with van der Waals surface area (Å²) in [6.45, 7) is 4.68. The Labute approximate surface area is 128 Å². The van der Waals surface area contributed by atoms with Gasteiger partial charge in [0.15, 0.2) is 0 Å². The zero-order valence-corrected chi connectivity index (χ0v) is 13.2. The van der Waals surface area contributed by atoms with Gasteiger partial charge in [-0.05, 0) is 31.0 Å². The topological polar surface area (TPSA) is 45.2 Å². The van der Waals surface area contributed by atoms with Crippen molar-refractivity contribution in [2.75, 3.05) is 6.54 Å². The number of aliphatic hydroxyl groups is 1. The molecule has 0 aliphatic heterocycles. The molecular weight excluding hydrogens is 292 g/mol. The van der Waals surface area contributed by atoms with E-state index in [0.29, 0.717) is 11.6 Å². The summed E-state index contributed by atoms with van der Waals surface area (Å²) in [5.74, 6) is 0. The van der Waals surface area contributed by atoms with Gasteiger partial charge in [0.1, 0.15) is 5.01 Å². The Balaban J connectivity index is 1.89. The standard InChI is InChI=1S/C15H19ClN2OS/c1-3-13-8-18-15(20-13)10(2)17-9-14(19)11-4-6-12(16)7-5-11/h4-8,10,14,17,19H,3,9H2,1-2H3. The van der Waals surface area contributed by atoms with E-state index in [2.05, 4.69) is 24.1 Å². The summed E-state index contributed by atoms with van der Waals surface area (Å²) in [6.07, 6.45) is 2.39. The van der Waals surface area contributed by atoms with Crippen LogP contribution in [0.25, 0.3) is 0 Å². The van der Waals surface area contributed by atoms with Crippen molar-refractivity contribution in [1.29, 1.82) is 0 Å². The summed E-state index contributed by atoms with van der Waals surface area (Å²) in [7, 11) is 0. The number of aliphatic hydroxyl groups excluding tert-OH is 1. The average molecular weight is 311 g/mol. The Hall–Kier alpha value is -0.940. The third-order valence-corrected chi connectivity index (χ3v) is 4.74. The molecule has 2 N–H and O–H groups in total. The van der Waals surface area contributed by atoms with E-state index in [1.165, 1.54) is 4.88 Å². The molecule has 0 radical (unpaired) electrons. The number of rotatable bonds is 6. The molecule has 108 valence electrons. The van der Waals surface area contributed by atoms with Crippen molar-refractivity contribution in [3.8, 4) is 0 Å². The molecule has 0 aliphatic carbocycles. The van der Waals surface area contributed by atoms with E-state index in [1.807, 2.05) is 18.3 Å². The lowest BCUT2D eigenvalue weighted by Gasteiger charge is -2.16. The number of hydrogen-bond acceptors (Lipinski definition) is 4. The fourth-order valence-corrected chi connectivity index (χ4v) is 2.87. The maximum absolute atomic E-state index is 10.1. The molecule has 2 unspecified atom stereocenters. The summed E-state index contributed by atoms with van der Waals surface area (Å²) >= 11 is 7.55. The third-order valence-electron chi connectivity index (χ3n) is 3.16. The monoisotopic (exact) mass is 310 g/mol. The number of thiazole rings is 1. The highest BCUT2D eigenvalue weighted by Gasteiger charge is 2.13. The Kier molecular flexibility index (Phi) is 5.54. The van der Waals surface area contributed by atoms with E-state index >= 15 is 0 Å². The van der Waals surface area contributed by atoms with E-state index in [4.69, 9.17) is 11.6 Å². The van der Waals surface area contributed by atoms with Crippen LogP contribution in [0.2, 0.25) is 5.02 Å². The van der Waals surface area contributed by atoms with Crippen LogP contribution >= 0.6 is 22.9 Å². The zero-order valence-electron chi connectivity index (χ0n) is 11.6. The highest BCUT2D eigenvalue weighted by Crippen LogP contribution is 2.21. The molecule has 2 aromatic rings. The van der Waals surface area contributed by atoms with Crippen molar-refractivity contribution in [2.24, 2.45) is 0 Å². The lowest BCUT2D eigenvalue weighted by atomic mass is 10.1. The van der Waals surface area contributed by atoms with Crippen LogP contribution in [-0.2, 0) is 6.42 Å². The first-order chi connectivity index (χ1) is 9.60. The zero-order chi connectivity index (χ0) is 14.5. The minimum absolute atomic E-state index is 0.141. The second-order valence-corrected chi connectivity index (χ2v) is 6.30. The fraction of sp³-hybridized carbons (Fsp3) is 0.400. The Bertz CT molecular complexity index is 541. The highest BCUT2D eigenvalue weighted by molar-refractivity contribution is 7.11. The van der Waals surface area contributed by atoms with Gasteiger partial charge in [-0.15, -0.1) is 11.3 Å². The molecule has 0 amide bonds. The largest absolute Gasteiger partial charge is 0.387 e. The van der Waals surface area contributed by atoms with Gasteiger partial charge >= 0.3 is 0 Å². The molecule has 5 heteroatoms. The Morgan fingerprint density at radius 2 is 2.05 bits per heavy atom. The van der Waals surface area contributed by atoms with Crippen LogP contribution < -0.4 is 5.32 Å². The smallest absolute Gasteiger partial charge is 0.109 e. The van der Waals surface area contributed by atoms with Crippen LogP contribution in [0.1, 0.15) is 41.4 Å². The van der Waals surface area contributed by atoms with Crippen molar-refractivity contribution >= 4 is 22.9 Å². The number of nitrogens with one attached hydrogen (secondary N) is 1. The van der Waals surface area contributed by atoms with Gasteiger partial charge in [-0.3, -0.25) is 0 Å². The Morgan fingerprint density at radius 3 is 2.65 bits per heavy atom. The minimum Gasteiger partial charge on any atom is -0.387 e. The molecule has 0 fully saturated rings. The van der Waals surface area contributed by atoms with E-state index in [1.54, 1.807) is 23.5 Å².